The fraction of sp³-hybridized carbons (Fsp3) is 0.182. The van der Waals surface area contributed by atoms with E-state index in [2.05, 4.69) is 28.0 Å². The van der Waals surface area contributed by atoms with Crippen molar-refractivity contribution in [2.75, 3.05) is 11.1 Å². The monoisotopic (exact) mass is 282 g/mol. The summed E-state index contributed by atoms with van der Waals surface area (Å²) in [6.45, 7) is 0. The van der Waals surface area contributed by atoms with Gasteiger partial charge in [0.05, 0.1) is 23.1 Å². The van der Waals surface area contributed by atoms with Crippen molar-refractivity contribution in [1.82, 2.24) is 14.8 Å². The zero-order valence-electron chi connectivity index (χ0n) is 9.38. The van der Waals surface area contributed by atoms with E-state index in [-0.39, 0.29) is 5.91 Å². The number of thiol groups is 1. The Kier molecular flexibility index (Phi) is 4.22. The number of pyridine rings is 1. The molecule has 1 N–H and O–H groups in total. The largest absolute Gasteiger partial charge is 0.323 e. The van der Waals surface area contributed by atoms with Crippen LogP contribution in [0.1, 0.15) is 6.42 Å². The van der Waals surface area contributed by atoms with Crippen molar-refractivity contribution in [3.05, 3.63) is 35.7 Å². The molecule has 0 atom stereocenters. The minimum atomic E-state index is -0.100. The molecule has 0 fully saturated rings. The SMILES string of the molecule is O=C(CCS)Nc1cnn(-c2ncccc2Cl)c1. The molecule has 2 heterocycles. The quantitative estimate of drug-likeness (QED) is 0.845. The Morgan fingerprint density at radius 1 is 1.56 bits per heavy atom. The van der Waals surface area contributed by atoms with E-state index in [1.54, 1.807) is 30.7 Å². The topological polar surface area (TPSA) is 59.8 Å². The number of nitrogens with zero attached hydrogens (tertiary/aromatic N) is 3. The number of nitrogens with one attached hydrogen (secondary N) is 1. The molecular formula is C11H11ClN4OS. The van der Waals surface area contributed by atoms with Crippen LogP contribution >= 0.6 is 24.2 Å². The highest BCUT2D eigenvalue weighted by atomic mass is 35.5. The number of halogens is 1. The summed E-state index contributed by atoms with van der Waals surface area (Å²) in [7, 11) is 0. The molecule has 0 aliphatic rings. The molecule has 0 unspecified atom stereocenters. The predicted octanol–water partition coefficient (Wildman–Crippen LogP) is 2.18. The zero-order chi connectivity index (χ0) is 13.0. The first-order chi connectivity index (χ1) is 8.70. The second-order valence-electron chi connectivity index (χ2n) is 3.50. The van der Waals surface area contributed by atoms with Crippen LogP contribution in [0.5, 0.6) is 0 Å². The number of amides is 1. The smallest absolute Gasteiger partial charge is 0.225 e. The second-order valence-corrected chi connectivity index (χ2v) is 4.36. The third-order valence-corrected chi connectivity index (χ3v) is 2.68. The van der Waals surface area contributed by atoms with Crippen molar-refractivity contribution in [2.45, 2.75) is 6.42 Å². The van der Waals surface area contributed by atoms with Crippen LogP contribution in [-0.2, 0) is 4.79 Å². The molecule has 0 spiro atoms. The Labute approximate surface area is 115 Å². The van der Waals surface area contributed by atoms with E-state index >= 15 is 0 Å². The summed E-state index contributed by atoms with van der Waals surface area (Å²) in [6.07, 6.45) is 5.19. The van der Waals surface area contributed by atoms with E-state index in [0.717, 1.165) is 0 Å². The van der Waals surface area contributed by atoms with Crippen molar-refractivity contribution >= 4 is 35.8 Å². The molecule has 0 aliphatic heterocycles. The zero-order valence-corrected chi connectivity index (χ0v) is 11.0. The van der Waals surface area contributed by atoms with Crippen LogP contribution in [-0.4, -0.2) is 26.4 Å². The fourth-order valence-electron chi connectivity index (χ4n) is 1.37. The predicted molar refractivity (Wildman–Crippen MR) is 73.5 cm³/mol. The highest BCUT2D eigenvalue weighted by Crippen LogP contribution is 2.18. The Morgan fingerprint density at radius 2 is 2.39 bits per heavy atom. The van der Waals surface area contributed by atoms with Gasteiger partial charge in [0, 0.05) is 12.6 Å². The molecular weight excluding hydrogens is 272 g/mol. The van der Waals surface area contributed by atoms with Crippen LogP contribution in [0.4, 0.5) is 5.69 Å². The lowest BCUT2D eigenvalue weighted by Gasteiger charge is -2.02. The lowest BCUT2D eigenvalue weighted by atomic mass is 10.4. The molecule has 0 bridgehead atoms. The number of aromatic nitrogens is 3. The third-order valence-electron chi connectivity index (χ3n) is 2.16. The summed E-state index contributed by atoms with van der Waals surface area (Å²) in [4.78, 5) is 15.5. The van der Waals surface area contributed by atoms with Crippen LogP contribution < -0.4 is 5.32 Å². The van der Waals surface area contributed by atoms with Gasteiger partial charge in [-0.2, -0.15) is 17.7 Å². The third kappa shape index (κ3) is 3.02. The van der Waals surface area contributed by atoms with Crippen LogP contribution in [0.25, 0.3) is 5.82 Å². The second kappa shape index (κ2) is 5.88. The fourth-order valence-corrected chi connectivity index (χ4v) is 1.79. The summed E-state index contributed by atoms with van der Waals surface area (Å²) in [5, 5.41) is 7.30. The van der Waals surface area contributed by atoms with Gasteiger partial charge in [0.2, 0.25) is 5.91 Å². The van der Waals surface area contributed by atoms with E-state index in [1.165, 1.54) is 4.68 Å². The van der Waals surface area contributed by atoms with Crippen LogP contribution in [0, 0.1) is 0 Å². The summed E-state index contributed by atoms with van der Waals surface area (Å²) in [6, 6.07) is 3.47. The minimum Gasteiger partial charge on any atom is -0.323 e. The van der Waals surface area contributed by atoms with E-state index in [0.29, 0.717) is 28.7 Å². The van der Waals surface area contributed by atoms with Crippen LogP contribution in [0.15, 0.2) is 30.7 Å². The van der Waals surface area contributed by atoms with Crippen molar-refractivity contribution in [3.63, 3.8) is 0 Å². The molecule has 0 saturated carbocycles. The molecule has 1 amide bonds. The first kappa shape index (κ1) is 12.9. The van der Waals surface area contributed by atoms with E-state index in [4.69, 9.17) is 11.6 Å². The normalized spacial score (nSPS) is 10.3. The van der Waals surface area contributed by atoms with Gasteiger partial charge in [0.1, 0.15) is 0 Å². The minimum absolute atomic E-state index is 0.100. The first-order valence-electron chi connectivity index (χ1n) is 5.27. The van der Waals surface area contributed by atoms with Gasteiger partial charge < -0.3 is 5.32 Å². The molecule has 0 radical (unpaired) electrons. The number of carbonyl (C=O) groups excluding carboxylic acids is 1. The summed E-state index contributed by atoms with van der Waals surface area (Å²) >= 11 is 10.00. The summed E-state index contributed by atoms with van der Waals surface area (Å²) < 4.78 is 1.51. The molecule has 2 aromatic heterocycles. The van der Waals surface area contributed by atoms with Gasteiger partial charge in [-0.3, -0.25) is 4.79 Å². The van der Waals surface area contributed by atoms with Gasteiger partial charge >= 0.3 is 0 Å². The van der Waals surface area contributed by atoms with E-state index < -0.39 is 0 Å². The van der Waals surface area contributed by atoms with Gasteiger partial charge in [-0.25, -0.2) is 9.67 Å². The lowest BCUT2D eigenvalue weighted by molar-refractivity contribution is -0.115. The average molecular weight is 283 g/mol. The lowest BCUT2D eigenvalue weighted by Crippen LogP contribution is -2.11. The molecule has 2 rings (SSSR count). The molecule has 7 heteroatoms. The highest BCUT2D eigenvalue weighted by Gasteiger charge is 2.07. The van der Waals surface area contributed by atoms with Gasteiger partial charge in [-0.1, -0.05) is 11.6 Å². The highest BCUT2D eigenvalue weighted by molar-refractivity contribution is 7.80. The average Bonchev–Trinajstić information content (AvgIpc) is 2.78. The Balaban J connectivity index is 2.16. The summed E-state index contributed by atoms with van der Waals surface area (Å²) in [5.74, 6) is 0.928. The van der Waals surface area contributed by atoms with Crippen molar-refractivity contribution < 1.29 is 4.79 Å². The van der Waals surface area contributed by atoms with Crippen molar-refractivity contribution in [3.8, 4) is 5.82 Å². The maximum atomic E-state index is 11.4. The molecule has 0 aliphatic carbocycles. The van der Waals surface area contributed by atoms with Gasteiger partial charge in [0.15, 0.2) is 5.82 Å². The molecule has 5 nitrogen and oxygen atoms in total. The molecule has 0 saturated heterocycles. The molecule has 94 valence electrons. The molecule has 2 aromatic rings. The van der Waals surface area contributed by atoms with E-state index in [9.17, 15) is 4.79 Å². The number of hydrogen-bond donors (Lipinski definition) is 2. The Hall–Kier alpha value is -1.53. The van der Waals surface area contributed by atoms with Gasteiger partial charge in [-0.05, 0) is 17.9 Å². The van der Waals surface area contributed by atoms with Gasteiger partial charge in [-0.15, -0.1) is 0 Å². The van der Waals surface area contributed by atoms with Crippen LogP contribution in [0.2, 0.25) is 5.02 Å². The Bertz CT molecular complexity index is 557. The maximum absolute atomic E-state index is 11.4. The number of carbonyl (C=O) groups is 1. The van der Waals surface area contributed by atoms with Crippen molar-refractivity contribution in [1.29, 1.82) is 0 Å². The number of anilines is 1. The van der Waals surface area contributed by atoms with Crippen molar-refractivity contribution in [2.24, 2.45) is 0 Å². The summed E-state index contributed by atoms with van der Waals surface area (Å²) in [5.41, 5.74) is 0.600. The Morgan fingerprint density at radius 3 is 3.11 bits per heavy atom. The molecule has 18 heavy (non-hydrogen) atoms. The molecule has 0 aromatic carbocycles. The number of hydrogen-bond acceptors (Lipinski definition) is 4. The standard InChI is InChI=1S/C11H11ClN4OS/c12-9-2-1-4-13-11(9)16-7-8(6-14-16)15-10(17)3-5-18/h1-2,4,6-7,18H,3,5H2,(H,15,17). The first-order valence-corrected chi connectivity index (χ1v) is 6.28. The number of rotatable bonds is 4. The van der Waals surface area contributed by atoms with Gasteiger partial charge in [0.25, 0.3) is 0 Å². The van der Waals surface area contributed by atoms with Crippen LogP contribution in [0.3, 0.4) is 0 Å². The van der Waals surface area contributed by atoms with E-state index in [1.807, 2.05) is 0 Å². The maximum Gasteiger partial charge on any atom is 0.225 e.